The maximum absolute atomic E-state index is 10.6. The third-order valence-electron chi connectivity index (χ3n) is 3.00. The normalized spacial score (nSPS) is 10.3. The fourth-order valence-corrected chi connectivity index (χ4v) is 2.64. The minimum absolute atomic E-state index is 0.0789. The molecule has 0 saturated carbocycles. The average molecular weight is 327 g/mol. The average Bonchev–Trinajstić information content (AvgIpc) is 3.02. The van der Waals surface area contributed by atoms with Crippen LogP contribution in [-0.4, -0.2) is 14.9 Å². The van der Waals surface area contributed by atoms with Crippen molar-refractivity contribution in [3.63, 3.8) is 0 Å². The lowest BCUT2D eigenvalue weighted by molar-refractivity contribution is -0.384. The van der Waals surface area contributed by atoms with Crippen molar-refractivity contribution in [3.8, 4) is 0 Å². The molecule has 0 bridgehead atoms. The maximum Gasteiger partial charge on any atom is 0.269 e. The molecule has 0 fully saturated rings. The number of hydrogen-bond acceptors (Lipinski definition) is 7. The molecule has 0 amide bonds. The van der Waals surface area contributed by atoms with Gasteiger partial charge in [-0.3, -0.25) is 10.1 Å². The van der Waals surface area contributed by atoms with E-state index in [4.69, 9.17) is 0 Å². The lowest BCUT2D eigenvalue weighted by atomic mass is 10.3. The van der Waals surface area contributed by atoms with Crippen LogP contribution in [0.3, 0.4) is 0 Å². The van der Waals surface area contributed by atoms with E-state index in [-0.39, 0.29) is 5.69 Å². The molecule has 3 rings (SSSR count). The van der Waals surface area contributed by atoms with E-state index in [1.807, 2.05) is 18.2 Å². The van der Waals surface area contributed by atoms with Gasteiger partial charge >= 0.3 is 0 Å². The summed E-state index contributed by atoms with van der Waals surface area (Å²) in [7, 11) is 0. The van der Waals surface area contributed by atoms with Crippen molar-refractivity contribution >= 4 is 33.7 Å². The van der Waals surface area contributed by atoms with Crippen molar-refractivity contribution in [1.29, 1.82) is 0 Å². The highest BCUT2D eigenvalue weighted by atomic mass is 32.1. The first-order valence-corrected chi connectivity index (χ1v) is 7.63. The predicted molar refractivity (Wildman–Crippen MR) is 90.1 cm³/mol. The second-order valence-electron chi connectivity index (χ2n) is 4.63. The highest BCUT2D eigenvalue weighted by Crippen LogP contribution is 2.23. The van der Waals surface area contributed by atoms with Gasteiger partial charge in [0.15, 0.2) is 5.13 Å². The van der Waals surface area contributed by atoms with Gasteiger partial charge in [-0.2, -0.15) is 0 Å². The summed E-state index contributed by atoms with van der Waals surface area (Å²) >= 11 is 1.52. The molecule has 0 aliphatic rings. The molecule has 2 N–H and O–H groups in total. The van der Waals surface area contributed by atoms with Gasteiger partial charge in [0.25, 0.3) is 5.69 Å². The predicted octanol–water partition coefficient (Wildman–Crippen LogP) is 3.80. The van der Waals surface area contributed by atoms with Crippen molar-refractivity contribution < 1.29 is 4.92 Å². The van der Waals surface area contributed by atoms with E-state index < -0.39 is 4.92 Å². The molecule has 2 heterocycles. The van der Waals surface area contributed by atoms with Crippen molar-refractivity contribution in [3.05, 3.63) is 69.8 Å². The molecule has 0 radical (unpaired) electrons. The summed E-state index contributed by atoms with van der Waals surface area (Å²) in [6.45, 7) is 0.597. The Balaban J connectivity index is 1.57. The number of benzene rings is 1. The van der Waals surface area contributed by atoms with Crippen LogP contribution in [-0.2, 0) is 6.54 Å². The third-order valence-corrected chi connectivity index (χ3v) is 3.91. The number of pyridine rings is 1. The van der Waals surface area contributed by atoms with Gasteiger partial charge in [-0.25, -0.2) is 9.97 Å². The number of thiazole rings is 1. The molecule has 0 unspecified atom stereocenters. The summed E-state index contributed by atoms with van der Waals surface area (Å²) in [5, 5.41) is 17.7. The second-order valence-corrected chi connectivity index (χ2v) is 5.74. The number of hydrogen-bond donors (Lipinski definition) is 2. The molecule has 7 nitrogen and oxygen atoms in total. The first kappa shape index (κ1) is 14.9. The Hall–Kier alpha value is -3.00. The second kappa shape index (κ2) is 6.84. The Morgan fingerprint density at radius 1 is 1.13 bits per heavy atom. The Labute approximate surface area is 136 Å². The zero-order valence-corrected chi connectivity index (χ0v) is 12.8. The van der Waals surface area contributed by atoms with Gasteiger partial charge < -0.3 is 10.6 Å². The zero-order valence-electron chi connectivity index (χ0n) is 12.0. The number of nitro benzene ring substituents is 1. The SMILES string of the molecule is O=[N+]([O-])c1ccc(NCc2cnc(Nc3ccccn3)s2)cc1. The molecule has 0 aliphatic carbocycles. The number of anilines is 3. The Morgan fingerprint density at radius 3 is 2.65 bits per heavy atom. The number of nitrogens with zero attached hydrogens (tertiary/aromatic N) is 3. The van der Waals surface area contributed by atoms with E-state index in [9.17, 15) is 10.1 Å². The molecule has 0 aliphatic heterocycles. The monoisotopic (exact) mass is 327 g/mol. The number of non-ortho nitro benzene ring substituents is 1. The van der Waals surface area contributed by atoms with Gasteiger partial charge in [-0.15, -0.1) is 0 Å². The van der Waals surface area contributed by atoms with Crippen LogP contribution in [0.5, 0.6) is 0 Å². The molecule has 3 aromatic rings. The summed E-state index contributed by atoms with van der Waals surface area (Å²) in [5.74, 6) is 0.747. The van der Waals surface area contributed by atoms with Crippen LogP contribution >= 0.6 is 11.3 Å². The molecule has 23 heavy (non-hydrogen) atoms. The highest BCUT2D eigenvalue weighted by molar-refractivity contribution is 7.15. The number of rotatable bonds is 6. The lowest BCUT2D eigenvalue weighted by Crippen LogP contribution is -1.97. The van der Waals surface area contributed by atoms with Gasteiger partial charge in [0.05, 0.1) is 11.5 Å². The smallest absolute Gasteiger partial charge is 0.269 e. The lowest BCUT2D eigenvalue weighted by Gasteiger charge is -2.03. The summed E-state index contributed by atoms with van der Waals surface area (Å²) in [6, 6.07) is 12.0. The number of nitro groups is 1. The fourth-order valence-electron chi connectivity index (χ4n) is 1.88. The molecule has 2 aromatic heterocycles. The Bertz CT molecular complexity index is 789. The third kappa shape index (κ3) is 4.01. The summed E-state index contributed by atoms with van der Waals surface area (Å²) in [6.07, 6.45) is 3.50. The Kier molecular flexibility index (Phi) is 4.44. The van der Waals surface area contributed by atoms with Crippen LogP contribution in [0.2, 0.25) is 0 Å². The van der Waals surface area contributed by atoms with Crippen molar-refractivity contribution in [1.82, 2.24) is 9.97 Å². The topological polar surface area (TPSA) is 93.0 Å². The van der Waals surface area contributed by atoms with Crippen molar-refractivity contribution in [2.24, 2.45) is 0 Å². The van der Waals surface area contributed by atoms with Crippen LogP contribution in [0.15, 0.2) is 54.9 Å². The highest BCUT2D eigenvalue weighted by Gasteiger charge is 2.05. The fraction of sp³-hybridized carbons (Fsp3) is 0.0667. The summed E-state index contributed by atoms with van der Waals surface area (Å²) in [4.78, 5) is 19.7. The van der Waals surface area contributed by atoms with Gasteiger partial charge in [-0.05, 0) is 24.3 Å². The van der Waals surface area contributed by atoms with Gasteiger partial charge in [0.2, 0.25) is 0 Å². The van der Waals surface area contributed by atoms with Crippen LogP contribution in [0.25, 0.3) is 0 Å². The van der Waals surface area contributed by atoms with Crippen LogP contribution in [0, 0.1) is 10.1 Å². The van der Waals surface area contributed by atoms with E-state index in [0.29, 0.717) is 6.54 Å². The molecule has 0 atom stereocenters. The van der Waals surface area contributed by atoms with E-state index in [0.717, 1.165) is 21.5 Å². The molecule has 8 heteroatoms. The molecule has 1 aromatic carbocycles. The standard InChI is InChI=1S/C15H13N5O2S/c21-20(22)12-6-4-11(5-7-12)17-9-13-10-18-15(23-13)19-14-3-1-2-8-16-14/h1-8,10,17H,9H2,(H,16,18,19). The van der Waals surface area contributed by atoms with E-state index in [1.54, 1.807) is 24.5 Å². The van der Waals surface area contributed by atoms with Gasteiger partial charge in [0, 0.05) is 35.1 Å². The van der Waals surface area contributed by atoms with Crippen molar-refractivity contribution in [2.75, 3.05) is 10.6 Å². The Morgan fingerprint density at radius 2 is 1.96 bits per heavy atom. The molecular formula is C15H13N5O2S. The first-order chi connectivity index (χ1) is 11.2. The van der Waals surface area contributed by atoms with E-state index in [1.165, 1.54) is 23.5 Å². The van der Waals surface area contributed by atoms with Crippen LogP contribution in [0.4, 0.5) is 22.3 Å². The molecule has 116 valence electrons. The summed E-state index contributed by atoms with van der Waals surface area (Å²) < 4.78 is 0. The quantitative estimate of drug-likeness (QED) is 0.528. The van der Waals surface area contributed by atoms with E-state index in [2.05, 4.69) is 20.6 Å². The molecular weight excluding hydrogens is 314 g/mol. The molecule has 0 spiro atoms. The first-order valence-electron chi connectivity index (χ1n) is 6.82. The van der Waals surface area contributed by atoms with E-state index >= 15 is 0 Å². The van der Waals surface area contributed by atoms with Crippen LogP contribution in [0.1, 0.15) is 4.88 Å². The summed E-state index contributed by atoms with van der Waals surface area (Å²) in [5.41, 5.74) is 0.901. The zero-order chi connectivity index (χ0) is 16.1. The maximum atomic E-state index is 10.6. The number of aromatic nitrogens is 2. The van der Waals surface area contributed by atoms with Crippen LogP contribution < -0.4 is 10.6 Å². The number of nitrogens with one attached hydrogen (secondary N) is 2. The van der Waals surface area contributed by atoms with Crippen molar-refractivity contribution in [2.45, 2.75) is 6.54 Å². The van der Waals surface area contributed by atoms with Gasteiger partial charge in [-0.1, -0.05) is 17.4 Å². The minimum atomic E-state index is -0.414. The minimum Gasteiger partial charge on any atom is -0.380 e. The van der Waals surface area contributed by atoms with Gasteiger partial charge in [0.1, 0.15) is 5.82 Å². The molecule has 0 saturated heterocycles. The largest absolute Gasteiger partial charge is 0.380 e.